The molecule has 0 radical (unpaired) electrons. The summed E-state index contributed by atoms with van der Waals surface area (Å²) in [4.78, 5) is 17.1. The third-order valence-electron chi connectivity index (χ3n) is 6.33. The molecule has 1 fully saturated rings. The number of hydrogen-bond acceptors (Lipinski definition) is 6. The number of aromatic nitrogens is 3. The van der Waals surface area contributed by atoms with Crippen LogP contribution in [-0.2, 0) is 16.4 Å². The number of aliphatic hydroxyl groups is 2. The van der Waals surface area contributed by atoms with Gasteiger partial charge in [0.05, 0.1) is 0 Å². The molecule has 10 heteroatoms. The summed E-state index contributed by atoms with van der Waals surface area (Å²) >= 11 is 0. The molecule has 0 spiro atoms. The van der Waals surface area contributed by atoms with Gasteiger partial charge < -0.3 is 10.2 Å². The minimum Gasteiger partial charge on any atom is -0.396 e. The lowest BCUT2D eigenvalue weighted by molar-refractivity contribution is 0.124. The number of nitrogens with one attached hydrogen (secondary N) is 1. The second kappa shape index (κ2) is 10.6. The number of rotatable bonds is 10. The van der Waals surface area contributed by atoms with E-state index in [9.17, 15) is 23.4 Å². The van der Waals surface area contributed by atoms with Crippen LogP contribution in [-0.4, -0.2) is 63.5 Å². The Morgan fingerprint density at radius 2 is 1.79 bits per heavy atom. The lowest BCUT2D eigenvalue weighted by Gasteiger charge is -2.30. The van der Waals surface area contributed by atoms with Gasteiger partial charge in [-0.05, 0) is 30.5 Å². The standard InChI is InChI=1S/C24H30N4O5S/c29-16-19(17-30)15-27(21-8-4-5-9-21)34(32,33)22-10-11-23(25-14-22)28-24(31)20(13-26-28)12-18-6-2-1-3-7-18/h1-3,6-7,10-11,13-14,19,21,26,29-30H,4-5,8-9,12,15-17H2. The van der Waals surface area contributed by atoms with Crippen LogP contribution in [0.2, 0.25) is 0 Å². The third kappa shape index (κ3) is 5.15. The number of sulfonamides is 1. The van der Waals surface area contributed by atoms with Crippen LogP contribution in [0.5, 0.6) is 0 Å². The molecule has 182 valence electrons. The van der Waals surface area contributed by atoms with Crippen LogP contribution in [0, 0.1) is 5.92 Å². The minimum absolute atomic E-state index is 0.0156. The van der Waals surface area contributed by atoms with Crippen LogP contribution in [0.4, 0.5) is 0 Å². The maximum atomic E-state index is 13.5. The molecule has 0 aliphatic heterocycles. The van der Waals surface area contributed by atoms with Crippen LogP contribution in [0.3, 0.4) is 0 Å². The quantitative estimate of drug-likeness (QED) is 0.400. The molecular weight excluding hydrogens is 456 g/mol. The van der Waals surface area contributed by atoms with E-state index in [0.717, 1.165) is 31.2 Å². The predicted octanol–water partition coefficient (Wildman–Crippen LogP) is 1.69. The number of nitrogens with zero attached hydrogens (tertiary/aromatic N) is 3. The molecule has 0 unspecified atom stereocenters. The molecule has 0 amide bonds. The molecule has 0 atom stereocenters. The Labute approximate surface area is 198 Å². The first-order valence-corrected chi connectivity index (χ1v) is 12.9. The van der Waals surface area contributed by atoms with Crippen LogP contribution in [0.1, 0.15) is 36.8 Å². The monoisotopic (exact) mass is 486 g/mol. The van der Waals surface area contributed by atoms with Crippen LogP contribution in [0.15, 0.2) is 64.5 Å². The van der Waals surface area contributed by atoms with Gasteiger partial charge in [0.2, 0.25) is 10.0 Å². The van der Waals surface area contributed by atoms with E-state index in [4.69, 9.17) is 0 Å². The molecule has 9 nitrogen and oxygen atoms in total. The van der Waals surface area contributed by atoms with Gasteiger partial charge >= 0.3 is 0 Å². The van der Waals surface area contributed by atoms with Crippen molar-refractivity contribution in [1.29, 1.82) is 0 Å². The number of benzene rings is 1. The van der Waals surface area contributed by atoms with E-state index in [0.29, 0.717) is 17.8 Å². The molecule has 1 aliphatic rings. The summed E-state index contributed by atoms with van der Waals surface area (Å²) in [6, 6.07) is 12.4. The van der Waals surface area contributed by atoms with E-state index >= 15 is 0 Å². The largest absolute Gasteiger partial charge is 0.396 e. The molecule has 34 heavy (non-hydrogen) atoms. The van der Waals surface area contributed by atoms with Crippen molar-refractivity contribution in [3.05, 3.63) is 76.3 Å². The van der Waals surface area contributed by atoms with Crippen LogP contribution in [0.25, 0.3) is 5.82 Å². The van der Waals surface area contributed by atoms with Gasteiger partial charge in [0, 0.05) is 56.1 Å². The highest BCUT2D eigenvalue weighted by Gasteiger charge is 2.35. The van der Waals surface area contributed by atoms with Crippen molar-refractivity contribution in [1.82, 2.24) is 19.1 Å². The second-order valence-electron chi connectivity index (χ2n) is 8.70. The molecule has 1 aromatic carbocycles. The zero-order valence-corrected chi connectivity index (χ0v) is 19.7. The first-order valence-electron chi connectivity index (χ1n) is 11.5. The second-order valence-corrected chi connectivity index (χ2v) is 10.6. The summed E-state index contributed by atoms with van der Waals surface area (Å²) in [5.41, 5.74) is 1.35. The lowest BCUT2D eigenvalue weighted by atomic mass is 10.1. The average molecular weight is 487 g/mol. The Morgan fingerprint density at radius 1 is 1.09 bits per heavy atom. The predicted molar refractivity (Wildman–Crippen MR) is 127 cm³/mol. The zero-order valence-electron chi connectivity index (χ0n) is 18.9. The van der Waals surface area contributed by atoms with Crippen molar-refractivity contribution in [3.8, 4) is 5.82 Å². The van der Waals surface area contributed by atoms with Gasteiger partial charge in [0.15, 0.2) is 5.82 Å². The minimum atomic E-state index is -3.89. The highest BCUT2D eigenvalue weighted by Crippen LogP contribution is 2.29. The number of aliphatic hydroxyl groups excluding tert-OH is 2. The SMILES string of the molecule is O=c1c(Cc2ccccc2)c[nH]n1-c1ccc(S(=O)(=O)N(CC(CO)CO)C2CCCC2)cn1. The van der Waals surface area contributed by atoms with Gasteiger partial charge in [0.25, 0.3) is 5.56 Å². The maximum absolute atomic E-state index is 13.5. The summed E-state index contributed by atoms with van der Waals surface area (Å²) in [6.07, 6.45) is 6.74. The van der Waals surface area contributed by atoms with Crippen LogP contribution < -0.4 is 5.56 Å². The van der Waals surface area contributed by atoms with E-state index in [1.165, 1.54) is 27.3 Å². The summed E-state index contributed by atoms with van der Waals surface area (Å²) in [5.74, 6) is -0.262. The van der Waals surface area contributed by atoms with E-state index in [2.05, 4.69) is 10.1 Å². The Bertz CT molecular complexity index is 1230. The number of hydrogen-bond donors (Lipinski definition) is 3. The first-order chi connectivity index (χ1) is 16.4. The Morgan fingerprint density at radius 3 is 2.41 bits per heavy atom. The zero-order chi connectivity index (χ0) is 24.1. The van der Waals surface area contributed by atoms with Gasteiger partial charge in [0.1, 0.15) is 4.90 Å². The van der Waals surface area contributed by atoms with Crippen LogP contribution >= 0.6 is 0 Å². The van der Waals surface area contributed by atoms with Gasteiger partial charge in [-0.2, -0.15) is 4.31 Å². The molecular formula is C24H30N4O5S. The Hall–Kier alpha value is -2.79. The summed E-state index contributed by atoms with van der Waals surface area (Å²) < 4.78 is 29.6. The summed E-state index contributed by atoms with van der Waals surface area (Å²) in [7, 11) is -3.89. The fraction of sp³-hybridized carbons (Fsp3) is 0.417. The summed E-state index contributed by atoms with van der Waals surface area (Å²) in [6.45, 7) is -0.554. The highest BCUT2D eigenvalue weighted by molar-refractivity contribution is 7.89. The Balaban J connectivity index is 1.58. The smallest absolute Gasteiger partial charge is 0.276 e. The summed E-state index contributed by atoms with van der Waals surface area (Å²) in [5, 5.41) is 21.9. The molecule has 3 N–H and O–H groups in total. The van der Waals surface area contributed by atoms with Crippen molar-refractivity contribution in [2.24, 2.45) is 5.92 Å². The maximum Gasteiger partial charge on any atom is 0.276 e. The molecule has 4 rings (SSSR count). The van der Waals surface area contributed by atoms with Crippen molar-refractivity contribution in [2.75, 3.05) is 19.8 Å². The van der Waals surface area contributed by atoms with Crippen molar-refractivity contribution >= 4 is 10.0 Å². The molecule has 1 aliphatic carbocycles. The number of H-pyrrole nitrogens is 1. The van der Waals surface area contributed by atoms with E-state index < -0.39 is 15.9 Å². The molecule has 0 saturated heterocycles. The molecule has 2 aromatic heterocycles. The Kier molecular flexibility index (Phi) is 7.62. The lowest BCUT2D eigenvalue weighted by Crippen LogP contribution is -2.43. The van der Waals surface area contributed by atoms with E-state index in [-0.39, 0.29) is 36.3 Å². The fourth-order valence-electron chi connectivity index (χ4n) is 4.38. The topological polar surface area (TPSA) is 129 Å². The first kappa shape index (κ1) is 24.3. The van der Waals surface area contributed by atoms with E-state index in [1.807, 2.05) is 30.3 Å². The van der Waals surface area contributed by atoms with Crippen molar-refractivity contribution in [2.45, 2.75) is 43.0 Å². The van der Waals surface area contributed by atoms with Gasteiger partial charge in [-0.3, -0.25) is 9.89 Å². The van der Waals surface area contributed by atoms with E-state index in [1.54, 1.807) is 6.20 Å². The van der Waals surface area contributed by atoms with Gasteiger partial charge in [-0.25, -0.2) is 18.1 Å². The van der Waals surface area contributed by atoms with Crippen molar-refractivity contribution < 1.29 is 18.6 Å². The molecule has 2 heterocycles. The average Bonchev–Trinajstić information content (AvgIpc) is 3.51. The number of pyridine rings is 1. The van der Waals surface area contributed by atoms with Crippen molar-refractivity contribution in [3.63, 3.8) is 0 Å². The molecule has 1 saturated carbocycles. The highest BCUT2D eigenvalue weighted by atomic mass is 32.2. The molecule has 0 bridgehead atoms. The normalized spacial score (nSPS) is 14.9. The fourth-order valence-corrected chi connectivity index (χ4v) is 6.08. The third-order valence-corrected chi connectivity index (χ3v) is 8.23. The molecule has 3 aromatic rings. The van der Waals surface area contributed by atoms with Gasteiger partial charge in [-0.1, -0.05) is 43.2 Å². The van der Waals surface area contributed by atoms with Gasteiger partial charge in [-0.15, -0.1) is 0 Å². The number of aromatic amines is 1.